The molecule has 1 N–H and O–H groups in total. The Labute approximate surface area is 113 Å². The van der Waals surface area contributed by atoms with Gasteiger partial charge in [-0.2, -0.15) is 0 Å². The summed E-state index contributed by atoms with van der Waals surface area (Å²) in [5.41, 5.74) is 2.26. The first kappa shape index (κ1) is 14.1. The van der Waals surface area contributed by atoms with E-state index in [1.54, 1.807) is 6.07 Å². The molecule has 1 saturated heterocycles. The molecule has 1 aromatic heterocycles. The van der Waals surface area contributed by atoms with Crippen LogP contribution >= 0.6 is 0 Å². The summed E-state index contributed by atoms with van der Waals surface area (Å²) in [6.07, 6.45) is 0. The second kappa shape index (κ2) is 5.75. The van der Waals surface area contributed by atoms with E-state index >= 15 is 0 Å². The second-order valence-electron chi connectivity index (χ2n) is 5.22. The molecule has 19 heavy (non-hydrogen) atoms. The smallest absolute Gasteiger partial charge is 0.337 e. The first-order valence-corrected chi connectivity index (χ1v) is 6.72. The highest BCUT2D eigenvalue weighted by molar-refractivity contribution is 5.89. The van der Waals surface area contributed by atoms with Crippen molar-refractivity contribution in [2.75, 3.05) is 32.8 Å². The Morgan fingerprint density at radius 3 is 2.58 bits per heavy atom. The normalized spacial score (nSPS) is 18.5. The van der Waals surface area contributed by atoms with Gasteiger partial charge in [0.1, 0.15) is 0 Å². The third-order valence-corrected chi connectivity index (χ3v) is 3.78. The number of hydrogen-bond acceptors (Lipinski definition) is 3. The molecular formula is C14H22N2O3. The summed E-state index contributed by atoms with van der Waals surface area (Å²) in [5, 5.41) is 9.17. The molecule has 1 atom stereocenters. The number of morpholine rings is 1. The number of ether oxygens (including phenoxy) is 1. The van der Waals surface area contributed by atoms with Gasteiger partial charge in [-0.3, -0.25) is 4.90 Å². The summed E-state index contributed by atoms with van der Waals surface area (Å²) in [5.74, 6) is -0.849. The predicted molar refractivity (Wildman–Crippen MR) is 72.8 cm³/mol. The van der Waals surface area contributed by atoms with E-state index in [9.17, 15) is 4.79 Å². The van der Waals surface area contributed by atoms with E-state index in [2.05, 4.69) is 16.4 Å². The lowest BCUT2D eigenvalue weighted by Gasteiger charge is -2.30. The molecule has 1 aromatic rings. The lowest BCUT2D eigenvalue weighted by molar-refractivity contribution is 0.0324. The molecule has 0 amide bonds. The highest BCUT2D eigenvalue weighted by Crippen LogP contribution is 2.21. The first-order valence-electron chi connectivity index (χ1n) is 6.72. The zero-order valence-corrected chi connectivity index (χ0v) is 11.8. The van der Waals surface area contributed by atoms with Gasteiger partial charge in [-0.15, -0.1) is 0 Å². The minimum atomic E-state index is -0.849. The van der Waals surface area contributed by atoms with Gasteiger partial charge in [-0.25, -0.2) is 4.79 Å². The Hall–Kier alpha value is -1.33. The van der Waals surface area contributed by atoms with Crippen molar-refractivity contribution in [1.82, 2.24) is 9.47 Å². The fourth-order valence-corrected chi connectivity index (χ4v) is 2.91. The second-order valence-corrected chi connectivity index (χ2v) is 5.22. The average Bonchev–Trinajstić information content (AvgIpc) is 2.66. The molecule has 0 aromatic carbocycles. The third-order valence-electron chi connectivity index (χ3n) is 3.78. The standard InChI is InChI=1S/C14H22N2O3/c1-10-8-13(14(17)18)12(3)16(10)11(2)9-15-4-6-19-7-5-15/h8,11H,4-7,9H2,1-3H3,(H,17,18). The monoisotopic (exact) mass is 266 g/mol. The van der Waals surface area contributed by atoms with Crippen LogP contribution in [-0.4, -0.2) is 53.4 Å². The molecule has 1 unspecified atom stereocenters. The topological polar surface area (TPSA) is 54.7 Å². The lowest BCUT2D eigenvalue weighted by Crippen LogP contribution is -2.39. The van der Waals surface area contributed by atoms with Crippen molar-refractivity contribution in [2.24, 2.45) is 0 Å². The number of hydrogen-bond donors (Lipinski definition) is 1. The van der Waals surface area contributed by atoms with Crippen LogP contribution in [-0.2, 0) is 4.74 Å². The highest BCUT2D eigenvalue weighted by atomic mass is 16.5. The Bertz CT molecular complexity index is 462. The van der Waals surface area contributed by atoms with Crippen molar-refractivity contribution in [2.45, 2.75) is 26.8 Å². The van der Waals surface area contributed by atoms with Crippen LogP contribution in [0.1, 0.15) is 34.7 Å². The molecule has 1 fully saturated rings. The molecule has 0 saturated carbocycles. The quantitative estimate of drug-likeness (QED) is 0.901. The van der Waals surface area contributed by atoms with Crippen molar-refractivity contribution < 1.29 is 14.6 Å². The predicted octanol–water partition coefficient (Wildman–Crippen LogP) is 1.70. The van der Waals surface area contributed by atoms with Gasteiger partial charge in [0.05, 0.1) is 18.8 Å². The third kappa shape index (κ3) is 2.98. The van der Waals surface area contributed by atoms with E-state index in [1.807, 2.05) is 13.8 Å². The largest absolute Gasteiger partial charge is 0.478 e. The van der Waals surface area contributed by atoms with Crippen LogP contribution in [0.15, 0.2) is 6.07 Å². The highest BCUT2D eigenvalue weighted by Gasteiger charge is 2.20. The van der Waals surface area contributed by atoms with Gasteiger partial charge in [0.15, 0.2) is 0 Å². The molecule has 106 valence electrons. The first-order chi connectivity index (χ1) is 9.00. The number of aryl methyl sites for hydroxylation is 1. The molecule has 0 radical (unpaired) electrons. The maximum absolute atomic E-state index is 11.2. The van der Waals surface area contributed by atoms with Gasteiger partial charge in [0.25, 0.3) is 0 Å². The maximum Gasteiger partial charge on any atom is 0.337 e. The molecule has 1 aliphatic heterocycles. The number of nitrogens with zero attached hydrogens (tertiary/aromatic N) is 2. The van der Waals surface area contributed by atoms with Crippen molar-refractivity contribution >= 4 is 5.97 Å². The van der Waals surface area contributed by atoms with Crippen LogP contribution in [0.4, 0.5) is 0 Å². The van der Waals surface area contributed by atoms with Gasteiger partial charge in [0, 0.05) is 37.1 Å². The van der Waals surface area contributed by atoms with Gasteiger partial charge in [0.2, 0.25) is 0 Å². The minimum absolute atomic E-state index is 0.270. The minimum Gasteiger partial charge on any atom is -0.478 e. The SMILES string of the molecule is Cc1cc(C(=O)O)c(C)n1C(C)CN1CCOCC1. The molecule has 2 rings (SSSR count). The maximum atomic E-state index is 11.2. The number of carboxylic acids is 1. The van der Waals surface area contributed by atoms with Crippen LogP contribution in [0, 0.1) is 13.8 Å². The summed E-state index contributed by atoms with van der Waals surface area (Å²) in [4.78, 5) is 13.5. The Balaban J connectivity index is 2.14. The average molecular weight is 266 g/mol. The molecule has 0 spiro atoms. The Morgan fingerprint density at radius 2 is 2.05 bits per heavy atom. The summed E-state index contributed by atoms with van der Waals surface area (Å²) in [7, 11) is 0. The summed E-state index contributed by atoms with van der Waals surface area (Å²) in [6, 6.07) is 2.03. The van der Waals surface area contributed by atoms with E-state index < -0.39 is 5.97 Å². The van der Waals surface area contributed by atoms with Gasteiger partial charge in [-0.05, 0) is 26.8 Å². The van der Waals surface area contributed by atoms with Crippen molar-refractivity contribution in [1.29, 1.82) is 0 Å². The van der Waals surface area contributed by atoms with E-state index in [-0.39, 0.29) is 6.04 Å². The molecule has 5 heteroatoms. The number of aromatic nitrogens is 1. The molecule has 0 bridgehead atoms. The van der Waals surface area contributed by atoms with Gasteiger partial charge < -0.3 is 14.4 Å². The zero-order valence-electron chi connectivity index (χ0n) is 11.8. The number of carboxylic acid groups (broad SMARTS) is 1. The van der Waals surface area contributed by atoms with Crippen LogP contribution in [0.3, 0.4) is 0 Å². The van der Waals surface area contributed by atoms with E-state index in [0.717, 1.165) is 44.2 Å². The van der Waals surface area contributed by atoms with Gasteiger partial charge in [-0.1, -0.05) is 0 Å². The van der Waals surface area contributed by atoms with Crippen molar-refractivity contribution in [3.8, 4) is 0 Å². The molecule has 1 aliphatic rings. The lowest BCUT2D eigenvalue weighted by atomic mass is 10.2. The Morgan fingerprint density at radius 1 is 1.42 bits per heavy atom. The molecule has 2 heterocycles. The van der Waals surface area contributed by atoms with Crippen LogP contribution in [0.5, 0.6) is 0 Å². The summed E-state index contributed by atoms with van der Waals surface area (Å²) >= 11 is 0. The number of rotatable bonds is 4. The summed E-state index contributed by atoms with van der Waals surface area (Å²) in [6.45, 7) is 10.4. The molecule has 0 aliphatic carbocycles. The van der Waals surface area contributed by atoms with Crippen molar-refractivity contribution in [3.05, 3.63) is 23.0 Å². The van der Waals surface area contributed by atoms with Crippen LogP contribution < -0.4 is 0 Å². The summed E-state index contributed by atoms with van der Waals surface area (Å²) < 4.78 is 7.47. The molecular weight excluding hydrogens is 244 g/mol. The van der Waals surface area contributed by atoms with E-state index in [1.165, 1.54) is 0 Å². The van der Waals surface area contributed by atoms with Crippen LogP contribution in [0.25, 0.3) is 0 Å². The fourth-order valence-electron chi connectivity index (χ4n) is 2.91. The molecule has 5 nitrogen and oxygen atoms in total. The number of carbonyl (C=O) groups is 1. The van der Waals surface area contributed by atoms with Gasteiger partial charge >= 0.3 is 5.97 Å². The zero-order chi connectivity index (χ0) is 14.0. The van der Waals surface area contributed by atoms with Crippen molar-refractivity contribution in [3.63, 3.8) is 0 Å². The Kier molecular flexibility index (Phi) is 4.27. The number of aromatic carboxylic acids is 1. The fraction of sp³-hybridized carbons (Fsp3) is 0.643. The van der Waals surface area contributed by atoms with Crippen LogP contribution in [0.2, 0.25) is 0 Å². The van der Waals surface area contributed by atoms with E-state index in [4.69, 9.17) is 9.84 Å². The van der Waals surface area contributed by atoms with E-state index in [0.29, 0.717) is 5.56 Å².